The average Bonchev–Trinajstić information content (AvgIpc) is 3.23. The summed E-state index contributed by atoms with van der Waals surface area (Å²) in [4.78, 5) is 13.6. The Bertz CT molecular complexity index is 888. The van der Waals surface area contributed by atoms with E-state index in [1.807, 2.05) is 31.4 Å². The number of hydrogen-bond acceptors (Lipinski definition) is 5. The molecule has 0 aliphatic carbocycles. The Kier molecular flexibility index (Phi) is 4.05. The Morgan fingerprint density at radius 2 is 2.08 bits per heavy atom. The predicted octanol–water partition coefficient (Wildman–Crippen LogP) is 2.90. The molecule has 25 heavy (non-hydrogen) atoms. The molecule has 0 saturated carbocycles. The van der Waals surface area contributed by atoms with Crippen LogP contribution in [0.3, 0.4) is 0 Å². The number of fused-ring (bicyclic) bond motifs is 1. The van der Waals surface area contributed by atoms with Crippen LogP contribution >= 0.6 is 0 Å². The molecule has 6 nitrogen and oxygen atoms in total. The zero-order valence-electron chi connectivity index (χ0n) is 14.9. The van der Waals surface area contributed by atoms with Crippen molar-refractivity contribution in [1.82, 2.24) is 19.4 Å². The lowest BCUT2D eigenvalue weighted by molar-refractivity contribution is 0.315. The van der Waals surface area contributed by atoms with Crippen LogP contribution in [0.2, 0.25) is 0 Å². The highest BCUT2D eigenvalue weighted by atomic mass is 16.5. The second-order valence-electron chi connectivity index (χ2n) is 6.77. The maximum Gasteiger partial charge on any atom is 0.228 e. The van der Waals surface area contributed by atoms with Crippen LogP contribution in [0.25, 0.3) is 10.9 Å². The van der Waals surface area contributed by atoms with Crippen LogP contribution in [0.4, 0.5) is 5.95 Å². The molecule has 4 rings (SSSR count). The van der Waals surface area contributed by atoms with E-state index in [1.54, 1.807) is 6.20 Å². The number of likely N-dealkylation sites (N-methyl/N-ethyl adjacent to an activating group) is 1. The molecule has 130 valence electrons. The number of nitrogens with zero attached hydrogens (tertiary/aromatic N) is 5. The summed E-state index contributed by atoms with van der Waals surface area (Å²) in [6.07, 6.45) is 4.93. The fourth-order valence-corrected chi connectivity index (χ4v) is 3.40. The molecule has 2 aromatic heterocycles. The standard InChI is InChI=1S/C19H23N5O/c1-22(2)15-9-12-24(13-15)19-20-10-7-17(21-19)25-16-6-4-5-14-8-11-23(3)18(14)16/h4-8,10-11,15H,9,12-13H2,1-3H3. The van der Waals surface area contributed by atoms with Gasteiger partial charge < -0.3 is 19.1 Å². The van der Waals surface area contributed by atoms with Crippen molar-refractivity contribution in [2.24, 2.45) is 7.05 Å². The predicted molar refractivity (Wildman–Crippen MR) is 99.3 cm³/mol. The zero-order valence-corrected chi connectivity index (χ0v) is 14.9. The molecule has 0 N–H and O–H groups in total. The SMILES string of the molecule is CN(C)C1CCN(c2nccc(Oc3cccc4ccn(C)c34)n2)C1. The minimum absolute atomic E-state index is 0.547. The first-order valence-electron chi connectivity index (χ1n) is 8.58. The zero-order chi connectivity index (χ0) is 17.4. The summed E-state index contributed by atoms with van der Waals surface area (Å²) in [7, 11) is 6.26. The number of aromatic nitrogens is 3. The van der Waals surface area contributed by atoms with Crippen molar-refractivity contribution in [1.29, 1.82) is 0 Å². The Labute approximate surface area is 147 Å². The van der Waals surface area contributed by atoms with Crippen LogP contribution in [0.15, 0.2) is 42.7 Å². The Morgan fingerprint density at radius 1 is 1.20 bits per heavy atom. The van der Waals surface area contributed by atoms with Crippen LogP contribution in [0, 0.1) is 0 Å². The van der Waals surface area contributed by atoms with Crippen molar-refractivity contribution in [2.45, 2.75) is 12.5 Å². The van der Waals surface area contributed by atoms with Gasteiger partial charge >= 0.3 is 0 Å². The first-order chi connectivity index (χ1) is 12.1. The van der Waals surface area contributed by atoms with E-state index in [0.717, 1.165) is 42.1 Å². The Balaban J connectivity index is 1.59. The number of para-hydroxylation sites is 1. The number of rotatable bonds is 4. The molecule has 1 atom stereocenters. The van der Waals surface area contributed by atoms with Gasteiger partial charge in [0.15, 0.2) is 5.75 Å². The third-order valence-electron chi connectivity index (χ3n) is 4.87. The molecule has 3 aromatic rings. The highest BCUT2D eigenvalue weighted by molar-refractivity contribution is 5.86. The van der Waals surface area contributed by atoms with E-state index in [-0.39, 0.29) is 0 Å². The molecule has 6 heteroatoms. The van der Waals surface area contributed by atoms with Crippen molar-refractivity contribution in [3.63, 3.8) is 0 Å². The summed E-state index contributed by atoms with van der Waals surface area (Å²) in [5, 5.41) is 1.16. The van der Waals surface area contributed by atoms with Crippen molar-refractivity contribution in [3.05, 3.63) is 42.7 Å². The van der Waals surface area contributed by atoms with Crippen LogP contribution in [0.5, 0.6) is 11.6 Å². The fourth-order valence-electron chi connectivity index (χ4n) is 3.40. The van der Waals surface area contributed by atoms with Crippen molar-refractivity contribution in [3.8, 4) is 11.6 Å². The topological polar surface area (TPSA) is 46.4 Å². The highest BCUT2D eigenvalue weighted by Gasteiger charge is 2.25. The lowest BCUT2D eigenvalue weighted by atomic mass is 10.2. The van der Waals surface area contributed by atoms with E-state index in [1.165, 1.54) is 0 Å². The van der Waals surface area contributed by atoms with Crippen molar-refractivity contribution >= 4 is 16.9 Å². The molecule has 1 unspecified atom stereocenters. The Morgan fingerprint density at radius 3 is 2.88 bits per heavy atom. The van der Waals surface area contributed by atoms with E-state index < -0.39 is 0 Å². The maximum atomic E-state index is 6.10. The van der Waals surface area contributed by atoms with Gasteiger partial charge in [0.05, 0.1) is 5.52 Å². The van der Waals surface area contributed by atoms with Gasteiger partial charge in [0.25, 0.3) is 0 Å². The molecule has 0 amide bonds. The quantitative estimate of drug-likeness (QED) is 0.732. The number of ether oxygens (including phenoxy) is 1. The molecule has 1 saturated heterocycles. The second-order valence-corrected chi connectivity index (χ2v) is 6.77. The van der Waals surface area contributed by atoms with Crippen LogP contribution in [-0.4, -0.2) is 52.7 Å². The summed E-state index contributed by atoms with van der Waals surface area (Å²) in [5.74, 6) is 2.12. The monoisotopic (exact) mass is 337 g/mol. The summed E-state index contributed by atoms with van der Waals surface area (Å²) < 4.78 is 8.16. The summed E-state index contributed by atoms with van der Waals surface area (Å²) >= 11 is 0. The first-order valence-corrected chi connectivity index (χ1v) is 8.58. The van der Waals surface area contributed by atoms with Crippen molar-refractivity contribution in [2.75, 3.05) is 32.1 Å². The van der Waals surface area contributed by atoms with Crippen LogP contribution < -0.4 is 9.64 Å². The lowest BCUT2D eigenvalue weighted by Crippen LogP contribution is -2.32. The van der Waals surface area contributed by atoms with Gasteiger partial charge in [-0.1, -0.05) is 12.1 Å². The van der Waals surface area contributed by atoms with Gasteiger partial charge in [-0.25, -0.2) is 4.98 Å². The van der Waals surface area contributed by atoms with E-state index in [2.05, 4.69) is 50.6 Å². The minimum atomic E-state index is 0.547. The van der Waals surface area contributed by atoms with E-state index >= 15 is 0 Å². The van der Waals surface area contributed by atoms with Gasteiger partial charge in [-0.15, -0.1) is 0 Å². The molecular formula is C19H23N5O. The molecule has 3 heterocycles. The lowest BCUT2D eigenvalue weighted by Gasteiger charge is -2.20. The number of benzene rings is 1. The van der Waals surface area contributed by atoms with Gasteiger partial charge in [-0.3, -0.25) is 0 Å². The average molecular weight is 337 g/mol. The van der Waals surface area contributed by atoms with Crippen LogP contribution in [0.1, 0.15) is 6.42 Å². The molecule has 1 aliphatic rings. The van der Waals surface area contributed by atoms with E-state index in [0.29, 0.717) is 11.9 Å². The third-order valence-corrected chi connectivity index (χ3v) is 4.87. The number of hydrogen-bond donors (Lipinski definition) is 0. The molecule has 1 aromatic carbocycles. The maximum absolute atomic E-state index is 6.10. The summed E-state index contributed by atoms with van der Waals surface area (Å²) in [6.45, 7) is 1.92. The molecule has 0 spiro atoms. The highest BCUT2D eigenvalue weighted by Crippen LogP contribution is 2.30. The van der Waals surface area contributed by atoms with E-state index in [4.69, 9.17) is 4.74 Å². The van der Waals surface area contributed by atoms with Gasteiger partial charge in [0.2, 0.25) is 11.8 Å². The largest absolute Gasteiger partial charge is 0.437 e. The van der Waals surface area contributed by atoms with Gasteiger partial charge in [0, 0.05) is 50.0 Å². The molecule has 0 bridgehead atoms. The molecule has 1 fully saturated rings. The number of aryl methyl sites for hydroxylation is 1. The van der Waals surface area contributed by atoms with Gasteiger partial charge in [-0.2, -0.15) is 4.98 Å². The van der Waals surface area contributed by atoms with Gasteiger partial charge in [-0.05, 0) is 32.6 Å². The van der Waals surface area contributed by atoms with E-state index in [9.17, 15) is 0 Å². The van der Waals surface area contributed by atoms with Gasteiger partial charge in [0.1, 0.15) is 0 Å². The second kappa shape index (κ2) is 6.37. The van der Waals surface area contributed by atoms with Crippen LogP contribution in [-0.2, 0) is 7.05 Å². The smallest absolute Gasteiger partial charge is 0.228 e. The molecule has 1 aliphatic heterocycles. The fraction of sp³-hybridized carbons (Fsp3) is 0.368. The molecule has 0 radical (unpaired) electrons. The normalized spacial score (nSPS) is 17.6. The molecular weight excluding hydrogens is 314 g/mol. The Hall–Kier alpha value is -2.60. The summed E-state index contributed by atoms with van der Waals surface area (Å²) in [5.41, 5.74) is 1.07. The minimum Gasteiger partial charge on any atom is -0.437 e. The number of anilines is 1. The summed E-state index contributed by atoms with van der Waals surface area (Å²) in [6, 6.07) is 10.5. The first kappa shape index (κ1) is 15.9. The third kappa shape index (κ3) is 3.05. The van der Waals surface area contributed by atoms with Crippen molar-refractivity contribution < 1.29 is 4.74 Å².